The van der Waals surface area contributed by atoms with Crippen LogP contribution in [0.3, 0.4) is 0 Å². The molecule has 25 heavy (non-hydrogen) atoms. The molecule has 0 saturated heterocycles. The van der Waals surface area contributed by atoms with Crippen molar-refractivity contribution in [1.82, 2.24) is 0 Å². The maximum atomic E-state index is 2.65. The molecule has 0 N–H and O–H groups in total. The fourth-order valence-electron chi connectivity index (χ4n) is 4.58. The predicted octanol–water partition coefficient (Wildman–Crippen LogP) is -3.75. The molecule has 1 saturated carbocycles. The van der Waals surface area contributed by atoms with Crippen molar-refractivity contribution in [2.75, 3.05) is 0 Å². The summed E-state index contributed by atoms with van der Waals surface area (Å²) in [6.07, 6.45) is 9.80. The molecular formula is C20H27Cl3SiTi. The minimum absolute atomic E-state index is 0. The van der Waals surface area contributed by atoms with Crippen LogP contribution in [0.15, 0.2) is 51.1 Å². The summed E-state index contributed by atoms with van der Waals surface area (Å²) in [6.45, 7) is 7.40. The number of hydrogen-bond acceptors (Lipinski definition) is 0. The van der Waals surface area contributed by atoms with Crippen LogP contribution in [-0.2, 0) is 20.4 Å². The van der Waals surface area contributed by atoms with Gasteiger partial charge in [-0.25, -0.2) is 0 Å². The Bertz CT molecular complexity index is 609. The summed E-state index contributed by atoms with van der Waals surface area (Å²) in [4.78, 5) is 0. The maximum Gasteiger partial charge on any atom is -1.00 e. The summed E-state index contributed by atoms with van der Waals surface area (Å²) < 4.78 is 1.60. The number of rotatable bonds is 3. The molecule has 0 nitrogen and oxygen atoms in total. The van der Waals surface area contributed by atoms with E-state index in [-0.39, 0.29) is 37.2 Å². The topological polar surface area (TPSA) is 0 Å². The number of benzene rings is 1. The number of allylic oxidation sites excluding steroid dienone is 4. The van der Waals surface area contributed by atoms with E-state index in [4.69, 9.17) is 0 Å². The Morgan fingerprint density at radius 1 is 0.960 bits per heavy atom. The Kier molecular flexibility index (Phi) is 11.0. The van der Waals surface area contributed by atoms with Gasteiger partial charge in [-0.2, -0.15) is 0 Å². The van der Waals surface area contributed by atoms with E-state index in [1.54, 1.807) is 19.8 Å². The van der Waals surface area contributed by atoms with Crippen LogP contribution >= 0.6 is 0 Å². The van der Waals surface area contributed by atoms with Crippen LogP contribution in [0.5, 0.6) is 0 Å². The van der Waals surface area contributed by atoms with Crippen LogP contribution in [0.4, 0.5) is 0 Å². The van der Waals surface area contributed by atoms with Gasteiger partial charge >= 0.3 is 149 Å². The average Bonchev–Trinajstić information content (AvgIpc) is 2.83. The van der Waals surface area contributed by atoms with Crippen LogP contribution < -0.4 is 42.4 Å². The van der Waals surface area contributed by atoms with Crippen molar-refractivity contribution in [2.24, 2.45) is 5.92 Å². The van der Waals surface area contributed by atoms with E-state index in [1.165, 1.54) is 32.1 Å². The van der Waals surface area contributed by atoms with Crippen molar-refractivity contribution in [3.63, 3.8) is 0 Å². The monoisotopic (exact) mass is 448 g/mol. The molecule has 2 aliphatic carbocycles. The van der Waals surface area contributed by atoms with E-state index in [0.717, 1.165) is 5.54 Å². The third-order valence-corrected chi connectivity index (χ3v) is 12.7. The predicted molar refractivity (Wildman–Crippen MR) is 94.5 cm³/mol. The largest absolute Gasteiger partial charge is 1.00 e. The maximum absolute atomic E-state index is 2.65. The summed E-state index contributed by atoms with van der Waals surface area (Å²) in [7, 11) is -1.64. The Morgan fingerprint density at radius 2 is 1.52 bits per heavy atom. The first-order valence-corrected chi connectivity index (χ1v) is 12.1. The first-order valence-electron chi connectivity index (χ1n) is 8.75. The summed E-state index contributed by atoms with van der Waals surface area (Å²) >= 11 is 2.34. The summed E-state index contributed by atoms with van der Waals surface area (Å²) in [5.41, 5.74) is 2.53. The summed E-state index contributed by atoms with van der Waals surface area (Å²) in [5.74, 6) is 0.633. The summed E-state index contributed by atoms with van der Waals surface area (Å²) in [5, 5.41) is 3.39. The Balaban J connectivity index is 0.00000192. The molecule has 3 rings (SSSR count). The first-order chi connectivity index (χ1) is 10.5. The Morgan fingerprint density at radius 3 is 2.00 bits per heavy atom. The molecule has 0 amide bonds. The van der Waals surface area contributed by atoms with Gasteiger partial charge in [0, 0.05) is 0 Å². The summed E-state index contributed by atoms with van der Waals surface area (Å²) in [6, 6.07) is 11.5. The number of hydrogen-bond donors (Lipinski definition) is 0. The average molecular weight is 450 g/mol. The molecule has 2 atom stereocenters. The second-order valence-corrected chi connectivity index (χ2v) is 12.5. The molecule has 136 valence electrons. The zero-order valence-corrected chi connectivity index (χ0v) is 20.1. The van der Waals surface area contributed by atoms with Gasteiger partial charge in [-0.05, 0) is 0 Å². The molecule has 5 heteroatoms. The van der Waals surface area contributed by atoms with Gasteiger partial charge in [0.05, 0.1) is 0 Å². The SMILES string of the molecule is CC1=[C]([Ti+3])C(C)C=C1[Si](C)(c1ccccc1)C1CCCCC1.[Cl-].[Cl-].[Cl-]. The zero-order valence-electron chi connectivity index (χ0n) is 15.3. The number of halogens is 3. The van der Waals surface area contributed by atoms with Gasteiger partial charge < -0.3 is 37.2 Å². The van der Waals surface area contributed by atoms with Crippen LogP contribution in [0.25, 0.3) is 0 Å². The van der Waals surface area contributed by atoms with Gasteiger partial charge in [0.1, 0.15) is 0 Å². The molecule has 1 aromatic carbocycles. The van der Waals surface area contributed by atoms with Gasteiger partial charge in [-0.1, -0.05) is 0 Å². The zero-order chi connectivity index (χ0) is 15.7. The van der Waals surface area contributed by atoms with E-state index in [9.17, 15) is 0 Å². The fraction of sp³-hybridized carbons (Fsp3) is 0.500. The molecule has 0 bridgehead atoms. The second-order valence-electron chi connectivity index (χ2n) is 7.31. The fourth-order valence-corrected chi connectivity index (χ4v) is 10.3. The van der Waals surface area contributed by atoms with Crippen LogP contribution in [0, 0.1) is 5.92 Å². The van der Waals surface area contributed by atoms with Crippen molar-refractivity contribution in [3.8, 4) is 0 Å². The van der Waals surface area contributed by atoms with Crippen LogP contribution in [0.1, 0.15) is 46.0 Å². The Hall–Kier alpha value is 0.501. The standard InChI is InChI=1S/C20H27Si.3ClH.Ti/c1-16-14-17(2)20(15-16)21(3,18-10-6-4-7-11-18)19-12-8-5-9-13-19;;;;/h4,6-7,10-11,15-16,19H,5,8-9,12-13H2,1-3H3;3*1H;/q;;;;+3/p-3. The van der Waals surface area contributed by atoms with Crippen molar-refractivity contribution in [3.05, 3.63) is 51.1 Å². The first kappa shape index (κ1) is 25.5. The quantitative estimate of drug-likeness (QED) is 0.416. The van der Waals surface area contributed by atoms with Crippen LogP contribution in [0.2, 0.25) is 12.1 Å². The van der Waals surface area contributed by atoms with Crippen molar-refractivity contribution in [1.29, 1.82) is 0 Å². The van der Waals surface area contributed by atoms with E-state index in [1.807, 2.05) is 0 Å². The van der Waals surface area contributed by atoms with Crippen molar-refractivity contribution in [2.45, 2.75) is 58.0 Å². The van der Waals surface area contributed by atoms with E-state index < -0.39 is 8.07 Å². The minimum Gasteiger partial charge on any atom is -1.00 e. The smallest absolute Gasteiger partial charge is 1.00 e. The van der Waals surface area contributed by atoms with E-state index >= 15 is 0 Å². The minimum atomic E-state index is -1.64. The second kappa shape index (κ2) is 10.7. The van der Waals surface area contributed by atoms with Gasteiger partial charge in [-0.15, -0.1) is 0 Å². The van der Waals surface area contributed by atoms with Gasteiger partial charge in [0.2, 0.25) is 0 Å². The molecule has 0 aliphatic heterocycles. The third kappa shape index (κ3) is 4.86. The van der Waals surface area contributed by atoms with Crippen molar-refractivity contribution < 1.29 is 57.7 Å². The van der Waals surface area contributed by atoms with Gasteiger partial charge in [-0.3, -0.25) is 0 Å². The van der Waals surface area contributed by atoms with Crippen LogP contribution in [-0.4, -0.2) is 8.07 Å². The molecule has 1 fully saturated rings. The van der Waals surface area contributed by atoms with Gasteiger partial charge in [0.25, 0.3) is 0 Å². The van der Waals surface area contributed by atoms with Crippen molar-refractivity contribution >= 4 is 13.3 Å². The molecule has 0 spiro atoms. The molecule has 2 aliphatic rings. The normalized spacial score (nSPS) is 22.9. The molecule has 0 radical (unpaired) electrons. The molecule has 1 aromatic rings. The van der Waals surface area contributed by atoms with E-state index in [0.29, 0.717) is 5.92 Å². The third-order valence-electron chi connectivity index (χ3n) is 6.03. The molecule has 0 heterocycles. The molecular weight excluding hydrogens is 423 g/mol. The molecule has 2 unspecified atom stereocenters. The van der Waals surface area contributed by atoms with E-state index in [2.05, 4.69) is 77.2 Å². The van der Waals surface area contributed by atoms with Gasteiger partial charge in [0.15, 0.2) is 0 Å². The molecule has 0 aromatic heterocycles. The Labute approximate surface area is 185 Å².